The lowest BCUT2D eigenvalue weighted by molar-refractivity contribution is -0.00878. The number of hydrogen-bond donors (Lipinski definition) is 1. The molecule has 1 aliphatic rings. The van der Waals surface area contributed by atoms with Crippen LogP contribution in [-0.2, 0) is 11.3 Å². The van der Waals surface area contributed by atoms with Crippen molar-refractivity contribution in [3.63, 3.8) is 0 Å². The van der Waals surface area contributed by atoms with Gasteiger partial charge in [-0.3, -0.25) is 9.69 Å². The SMILES string of the molecule is CC(C)NCC1COCCN1CCn1ccccc1=O. The Morgan fingerprint density at radius 2 is 2.25 bits per heavy atom. The van der Waals surface area contributed by atoms with Gasteiger partial charge in [-0.25, -0.2) is 0 Å². The molecule has 0 saturated carbocycles. The monoisotopic (exact) mass is 279 g/mol. The standard InChI is InChI=1S/C15H25N3O2/c1-13(2)16-11-14-12-20-10-9-17(14)7-8-18-6-4-3-5-15(18)19/h3-6,13-14,16H,7-12H2,1-2H3. The van der Waals surface area contributed by atoms with Gasteiger partial charge in [0.2, 0.25) is 0 Å². The van der Waals surface area contributed by atoms with E-state index in [0.29, 0.717) is 12.1 Å². The van der Waals surface area contributed by atoms with E-state index < -0.39 is 0 Å². The van der Waals surface area contributed by atoms with E-state index in [2.05, 4.69) is 24.1 Å². The Hall–Kier alpha value is -1.17. The summed E-state index contributed by atoms with van der Waals surface area (Å²) in [6.45, 7) is 9.34. The van der Waals surface area contributed by atoms with Crippen molar-refractivity contribution in [2.45, 2.75) is 32.5 Å². The van der Waals surface area contributed by atoms with Gasteiger partial charge >= 0.3 is 0 Å². The van der Waals surface area contributed by atoms with E-state index in [1.165, 1.54) is 0 Å². The van der Waals surface area contributed by atoms with Crippen molar-refractivity contribution in [2.75, 3.05) is 32.8 Å². The van der Waals surface area contributed by atoms with Crippen LogP contribution in [0.2, 0.25) is 0 Å². The third kappa shape index (κ3) is 4.44. The van der Waals surface area contributed by atoms with Gasteiger partial charge in [-0.2, -0.15) is 0 Å². The van der Waals surface area contributed by atoms with Crippen LogP contribution in [0.1, 0.15) is 13.8 Å². The van der Waals surface area contributed by atoms with Gasteiger partial charge in [0, 0.05) is 50.5 Å². The molecule has 1 atom stereocenters. The highest BCUT2D eigenvalue weighted by molar-refractivity contribution is 4.93. The molecule has 2 heterocycles. The summed E-state index contributed by atoms with van der Waals surface area (Å²) in [5.74, 6) is 0. The first-order valence-electron chi connectivity index (χ1n) is 7.37. The molecule has 1 aliphatic heterocycles. The number of pyridine rings is 1. The number of nitrogens with zero attached hydrogens (tertiary/aromatic N) is 2. The maximum atomic E-state index is 11.7. The Bertz CT molecular complexity index is 458. The van der Waals surface area contributed by atoms with Crippen LogP contribution in [0.15, 0.2) is 29.2 Å². The van der Waals surface area contributed by atoms with Crippen LogP contribution < -0.4 is 10.9 Å². The van der Waals surface area contributed by atoms with Gasteiger partial charge in [0.15, 0.2) is 0 Å². The Kier molecular flexibility index (Phi) is 5.76. The van der Waals surface area contributed by atoms with Crippen LogP contribution >= 0.6 is 0 Å². The van der Waals surface area contributed by atoms with Crippen molar-refractivity contribution in [3.8, 4) is 0 Å². The van der Waals surface area contributed by atoms with Gasteiger partial charge in [0.05, 0.1) is 13.2 Å². The highest BCUT2D eigenvalue weighted by atomic mass is 16.5. The van der Waals surface area contributed by atoms with Crippen molar-refractivity contribution in [1.29, 1.82) is 0 Å². The number of ether oxygens (including phenoxy) is 1. The van der Waals surface area contributed by atoms with Gasteiger partial charge in [-0.15, -0.1) is 0 Å². The van der Waals surface area contributed by atoms with Crippen molar-refractivity contribution >= 4 is 0 Å². The van der Waals surface area contributed by atoms with Gasteiger partial charge in [-0.05, 0) is 6.07 Å². The van der Waals surface area contributed by atoms with Gasteiger partial charge in [0.1, 0.15) is 0 Å². The summed E-state index contributed by atoms with van der Waals surface area (Å²) in [6, 6.07) is 6.17. The lowest BCUT2D eigenvalue weighted by atomic mass is 10.2. The van der Waals surface area contributed by atoms with Crippen LogP contribution in [0.5, 0.6) is 0 Å². The fourth-order valence-electron chi connectivity index (χ4n) is 2.42. The van der Waals surface area contributed by atoms with Crippen LogP contribution in [0.25, 0.3) is 0 Å². The van der Waals surface area contributed by atoms with E-state index in [0.717, 1.165) is 39.4 Å². The number of nitrogens with one attached hydrogen (secondary N) is 1. The minimum absolute atomic E-state index is 0.0672. The summed E-state index contributed by atoms with van der Waals surface area (Å²) in [5, 5.41) is 3.46. The molecule has 2 rings (SSSR count). The molecule has 20 heavy (non-hydrogen) atoms. The molecule has 0 radical (unpaired) electrons. The minimum atomic E-state index is 0.0672. The van der Waals surface area contributed by atoms with E-state index in [-0.39, 0.29) is 5.56 Å². The summed E-state index contributed by atoms with van der Waals surface area (Å²) in [4.78, 5) is 14.1. The number of aromatic nitrogens is 1. The first kappa shape index (κ1) is 15.2. The fraction of sp³-hybridized carbons (Fsp3) is 0.667. The van der Waals surface area contributed by atoms with E-state index >= 15 is 0 Å². The molecule has 0 spiro atoms. The van der Waals surface area contributed by atoms with Crippen LogP contribution in [0.4, 0.5) is 0 Å². The van der Waals surface area contributed by atoms with Crippen molar-refractivity contribution in [3.05, 3.63) is 34.7 Å². The number of hydrogen-bond acceptors (Lipinski definition) is 4. The Balaban J connectivity index is 1.88. The summed E-state index contributed by atoms with van der Waals surface area (Å²) in [6.07, 6.45) is 1.85. The smallest absolute Gasteiger partial charge is 0.250 e. The molecule has 1 fully saturated rings. The second-order valence-corrected chi connectivity index (χ2v) is 5.56. The third-order valence-electron chi connectivity index (χ3n) is 3.64. The Labute approximate surface area is 120 Å². The average Bonchev–Trinajstić information content (AvgIpc) is 2.45. The van der Waals surface area contributed by atoms with E-state index in [1.807, 2.05) is 12.3 Å². The zero-order valence-electron chi connectivity index (χ0n) is 12.4. The maximum Gasteiger partial charge on any atom is 0.250 e. The largest absolute Gasteiger partial charge is 0.378 e. The molecule has 1 aromatic heterocycles. The highest BCUT2D eigenvalue weighted by Crippen LogP contribution is 2.06. The molecule has 1 aromatic rings. The van der Waals surface area contributed by atoms with Crippen LogP contribution in [-0.4, -0.2) is 54.4 Å². The highest BCUT2D eigenvalue weighted by Gasteiger charge is 2.22. The summed E-state index contributed by atoms with van der Waals surface area (Å²) >= 11 is 0. The fourth-order valence-corrected chi connectivity index (χ4v) is 2.42. The summed E-state index contributed by atoms with van der Waals surface area (Å²) in [7, 11) is 0. The molecule has 1 N–H and O–H groups in total. The minimum Gasteiger partial charge on any atom is -0.378 e. The van der Waals surface area contributed by atoms with Crippen LogP contribution in [0.3, 0.4) is 0 Å². The molecule has 0 amide bonds. The van der Waals surface area contributed by atoms with Crippen molar-refractivity contribution in [2.24, 2.45) is 0 Å². The zero-order valence-corrected chi connectivity index (χ0v) is 12.4. The molecule has 0 bridgehead atoms. The lowest BCUT2D eigenvalue weighted by Crippen LogP contribution is -2.52. The Morgan fingerprint density at radius 3 is 3.00 bits per heavy atom. The average molecular weight is 279 g/mol. The molecule has 5 nitrogen and oxygen atoms in total. The molecule has 0 aromatic carbocycles. The number of morpholine rings is 1. The second kappa shape index (κ2) is 7.57. The van der Waals surface area contributed by atoms with E-state index in [9.17, 15) is 4.79 Å². The number of rotatable bonds is 6. The maximum absolute atomic E-state index is 11.7. The van der Waals surface area contributed by atoms with Crippen molar-refractivity contribution in [1.82, 2.24) is 14.8 Å². The lowest BCUT2D eigenvalue weighted by Gasteiger charge is -2.36. The topological polar surface area (TPSA) is 46.5 Å². The normalized spacial score (nSPS) is 20.4. The predicted molar refractivity (Wildman–Crippen MR) is 80.0 cm³/mol. The first-order valence-corrected chi connectivity index (χ1v) is 7.37. The third-order valence-corrected chi connectivity index (χ3v) is 3.64. The molecule has 112 valence electrons. The van der Waals surface area contributed by atoms with E-state index in [1.54, 1.807) is 16.7 Å². The molecule has 0 aliphatic carbocycles. The first-order chi connectivity index (χ1) is 9.66. The molecule has 1 saturated heterocycles. The second-order valence-electron chi connectivity index (χ2n) is 5.56. The van der Waals surface area contributed by atoms with E-state index in [4.69, 9.17) is 4.74 Å². The summed E-state index contributed by atoms with van der Waals surface area (Å²) in [5.41, 5.74) is 0.0672. The van der Waals surface area contributed by atoms with Gasteiger partial charge in [-0.1, -0.05) is 19.9 Å². The zero-order chi connectivity index (χ0) is 14.4. The van der Waals surface area contributed by atoms with Gasteiger partial charge in [0.25, 0.3) is 5.56 Å². The molecule has 1 unspecified atom stereocenters. The summed E-state index contributed by atoms with van der Waals surface area (Å²) < 4.78 is 7.34. The van der Waals surface area contributed by atoms with Crippen molar-refractivity contribution < 1.29 is 4.74 Å². The Morgan fingerprint density at radius 1 is 1.40 bits per heavy atom. The van der Waals surface area contributed by atoms with Crippen LogP contribution in [0, 0.1) is 0 Å². The molecule has 5 heteroatoms. The van der Waals surface area contributed by atoms with Gasteiger partial charge < -0.3 is 14.6 Å². The molecular weight excluding hydrogens is 254 g/mol. The quantitative estimate of drug-likeness (QED) is 0.826. The molecular formula is C15H25N3O2. The predicted octanol–water partition coefficient (Wildman–Crippen LogP) is 0.547.